The summed E-state index contributed by atoms with van der Waals surface area (Å²) < 4.78 is 5.38. The minimum Gasteiger partial charge on any atom is -0.394 e. The Morgan fingerprint density at radius 1 is 1.43 bits per heavy atom. The van der Waals surface area contributed by atoms with E-state index >= 15 is 0 Å². The topological polar surface area (TPSA) is 87.8 Å². The number of ether oxygens (including phenoxy) is 1. The molecule has 0 saturated carbocycles. The van der Waals surface area contributed by atoms with Gasteiger partial charge in [0, 0.05) is 38.3 Å². The highest BCUT2D eigenvalue weighted by Gasteiger charge is 2.19. The van der Waals surface area contributed by atoms with Gasteiger partial charge in [0.05, 0.1) is 19.3 Å². The fourth-order valence-electron chi connectivity index (χ4n) is 2.30. The second kappa shape index (κ2) is 8.09. The fraction of sp³-hybridized carbons (Fsp3) is 0.533. The van der Waals surface area contributed by atoms with Crippen LogP contribution in [0.15, 0.2) is 24.3 Å². The molecule has 1 saturated heterocycles. The SMILES string of the molecule is NCc1ccc(NC(=O)CCN2CCOC(CO)C2)cc1. The molecule has 1 aliphatic rings. The van der Waals surface area contributed by atoms with Crippen molar-refractivity contribution in [2.75, 3.05) is 38.2 Å². The number of nitrogens with zero attached hydrogens (tertiary/aromatic N) is 1. The number of aliphatic hydroxyl groups is 1. The number of hydrogen-bond acceptors (Lipinski definition) is 5. The summed E-state index contributed by atoms with van der Waals surface area (Å²) >= 11 is 0. The zero-order chi connectivity index (χ0) is 15.1. The molecule has 1 heterocycles. The van der Waals surface area contributed by atoms with Crippen LogP contribution in [0, 0.1) is 0 Å². The molecule has 0 bridgehead atoms. The van der Waals surface area contributed by atoms with E-state index in [4.69, 9.17) is 15.6 Å². The first kappa shape index (κ1) is 15.9. The summed E-state index contributed by atoms with van der Waals surface area (Å²) in [4.78, 5) is 14.1. The first-order chi connectivity index (χ1) is 10.2. The van der Waals surface area contributed by atoms with Crippen LogP contribution in [0.3, 0.4) is 0 Å². The molecular weight excluding hydrogens is 270 g/mol. The van der Waals surface area contributed by atoms with Gasteiger partial charge in [-0.25, -0.2) is 0 Å². The maximum absolute atomic E-state index is 11.9. The number of nitrogens with two attached hydrogens (primary N) is 1. The number of carbonyl (C=O) groups is 1. The first-order valence-electron chi connectivity index (χ1n) is 7.25. The zero-order valence-corrected chi connectivity index (χ0v) is 12.1. The molecule has 6 nitrogen and oxygen atoms in total. The average molecular weight is 293 g/mol. The summed E-state index contributed by atoms with van der Waals surface area (Å²) in [5, 5.41) is 12.0. The highest BCUT2D eigenvalue weighted by Crippen LogP contribution is 2.10. The smallest absolute Gasteiger partial charge is 0.225 e. The standard InChI is InChI=1S/C15H23N3O3/c16-9-12-1-3-13(4-2-12)17-15(20)5-6-18-7-8-21-14(10-18)11-19/h1-4,14,19H,5-11,16H2,(H,17,20). The van der Waals surface area contributed by atoms with Gasteiger partial charge >= 0.3 is 0 Å². The average Bonchev–Trinajstić information content (AvgIpc) is 2.54. The van der Waals surface area contributed by atoms with E-state index in [1.165, 1.54) is 0 Å². The number of aliphatic hydroxyl groups excluding tert-OH is 1. The molecule has 1 amide bonds. The maximum atomic E-state index is 11.9. The van der Waals surface area contributed by atoms with E-state index in [-0.39, 0.29) is 18.6 Å². The van der Waals surface area contributed by atoms with Gasteiger partial charge in [-0.05, 0) is 17.7 Å². The van der Waals surface area contributed by atoms with Crippen LogP contribution in [0.5, 0.6) is 0 Å². The number of nitrogens with one attached hydrogen (secondary N) is 1. The largest absolute Gasteiger partial charge is 0.394 e. The van der Waals surface area contributed by atoms with Crippen LogP contribution >= 0.6 is 0 Å². The number of carbonyl (C=O) groups excluding carboxylic acids is 1. The van der Waals surface area contributed by atoms with Gasteiger partial charge in [-0.3, -0.25) is 9.69 Å². The van der Waals surface area contributed by atoms with Gasteiger partial charge in [-0.1, -0.05) is 12.1 Å². The van der Waals surface area contributed by atoms with Gasteiger partial charge < -0.3 is 20.9 Å². The lowest BCUT2D eigenvalue weighted by Crippen LogP contribution is -2.44. The van der Waals surface area contributed by atoms with Gasteiger partial charge in [0.15, 0.2) is 0 Å². The zero-order valence-electron chi connectivity index (χ0n) is 12.1. The van der Waals surface area contributed by atoms with Gasteiger partial charge in [0.2, 0.25) is 5.91 Å². The molecule has 0 aliphatic carbocycles. The summed E-state index contributed by atoms with van der Waals surface area (Å²) in [6.07, 6.45) is 0.294. The van der Waals surface area contributed by atoms with Crippen molar-refractivity contribution in [3.8, 4) is 0 Å². The molecule has 0 aromatic heterocycles. The Kier molecular flexibility index (Phi) is 6.13. The third kappa shape index (κ3) is 5.09. The Balaban J connectivity index is 1.73. The minimum absolute atomic E-state index is 0.0115. The van der Waals surface area contributed by atoms with Crippen molar-refractivity contribution in [3.63, 3.8) is 0 Å². The lowest BCUT2D eigenvalue weighted by atomic mass is 10.2. The van der Waals surface area contributed by atoms with Gasteiger partial charge in [-0.2, -0.15) is 0 Å². The Morgan fingerprint density at radius 2 is 2.19 bits per heavy atom. The van der Waals surface area contributed by atoms with Crippen LogP contribution in [-0.2, 0) is 16.1 Å². The van der Waals surface area contributed by atoms with Crippen LogP contribution < -0.4 is 11.1 Å². The molecule has 4 N–H and O–H groups in total. The van der Waals surface area contributed by atoms with Crippen molar-refractivity contribution in [2.45, 2.75) is 19.1 Å². The number of morpholine rings is 1. The summed E-state index contributed by atoms with van der Waals surface area (Å²) in [5.41, 5.74) is 7.36. The normalized spacial score (nSPS) is 19.4. The molecule has 116 valence electrons. The first-order valence-corrected chi connectivity index (χ1v) is 7.25. The molecule has 1 fully saturated rings. The second-order valence-corrected chi connectivity index (χ2v) is 5.18. The summed E-state index contributed by atoms with van der Waals surface area (Å²) in [5.74, 6) is -0.0115. The highest BCUT2D eigenvalue weighted by molar-refractivity contribution is 5.90. The number of anilines is 1. The fourth-order valence-corrected chi connectivity index (χ4v) is 2.30. The highest BCUT2D eigenvalue weighted by atomic mass is 16.5. The molecule has 1 aliphatic heterocycles. The Bertz CT molecular complexity index is 450. The Hall–Kier alpha value is -1.47. The number of benzene rings is 1. The third-order valence-corrected chi connectivity index (χ3v) is 3.56. The van der Waals surface area contributed by atoms with Crippen molar-refractivity contribution in [3.05, 3.63) is 29.8 Å². The summed E-state index contributed by atoms with van der Waals surface area (Å²) in [6.45, 7) is 3.28. The van der Waals surface area contributed by atoms with E-state index < -0.39 is 0 Å². The van der Waals surface area contributed by atoms with E-state index in [9.17, 15) is 4.79 Å². The van der Waals surface area contributed by atoms with Crippen molar-refractivity contribution >= 4 is 11.6 Å². The predicted molar refractivity (Wildman–Crippen MR) is 80.8 cm³/mol. The Morgan fingerprint density at radius 3 is 2.86 bits per heavy atom. The molecule has 1 aromatic rings. The van der Waals surface area contributed by atoms with Crippen LogP contribution in [0.1, 0.15) is 12.0 Å². The number of amides is 1. The third-order valence-electron chi connectivity index (χ3n) is 3.56. The van der Waals surface area contributed by atoms with Crippen molar-refractivity contribution < 1.29 is 14.6 Å². The molecule has 0 radical (unpaired) electrons. The lowest BCUT2D eigenvalue weighted by molar-refractivity contribution is -0.117. The monoisotopic (exact) mass is 293 g/mol. The molecule has 1 atom stereocenters. The van der Waals surface area contributed by atoms with Crippen LogP contribution in [0.25, 0.3) is 0 Å². The van der Waals surface area contributed by atoms with Crippen LogP contribution in [0.4, 0.5) is 5.69 Å². The molecule has 2 rings (SSSR count). The molecule has 21 heavy (non-hydrogen) atoms. The van der Waals surface area contributed by atoms with Crippen LogP contribution in [-0.4, -0.2) is 54.9 Å². The van der Waals surface area contributed by atoms with Crippen LogP contribution in [0.2, 0.25) is 0 Å². The molecular formula is C15H23N3O3. The summed E-state index contributed by atoms with van der Waals surface area (Å²) in [7, 11) is 0. The van der Waals surface area contributed by atoms with E-state index in [2.05, 4.69) is 10.2 Å². The van der Waals surface area contributed by atoms with Gasteiger partial charge in [-0.15, -0.1) is 0 Å². The molecule has 1 aromatic carbocycles. The van der Waals surface area contributed by atoms with Crippen molar-refractivity contribution in [1.29, 1.82) is 0 Å². The minimum atomic E-state index is -0.134. The molecule has 1 unspecified atom stereocenters. The van der Waals surface area contributed by atoms with E-state index in [0.29, 0.717) is 32.7 Å². The Labute approximate surface area is 124 Å². The predicted octanol–water partition coefficient (Wildman–Crippen LogP) is 0.167. The van der Waals surface area contributed by atoms with Gasteiger partial charge in [0.1, 0.15) is 0 Å². The van der Waals surface area contributed by atoms with Crippen molar-refractivity contribution in [2.24, 2.45) is 5.73 Å². The van der Waals surface area contributed by atoms with E-state index in [0.717, 1.165) is 17.8 Å². The quantitative estimate of drug-likeness (QED) is 0.696. The second-order valence-electron chi connectivity index (χ2n) is 5.18. The van der Waals surface area contributed by atoms with E-state index in [1.54, 1.807) is 0 Å². The molecule has 0 spiro atoms. The lowest BCUT2D eigenvalue weighted by Gasteiger charge is -2.31. The molecule has 6 heteroatoms. The maximum Gasteiger partial charge on any atom is 0.225 e. The van der Waals surface area contributed by atoms with Crippen molar-refractivity contribution in [1.82, 2.24) is 4.90 Å². The summed E-state index contributed by atoms with van der Waals surface area (Å²) in [6, 6.07) is 7.53. The van der Waals surface area contributed by atoms with E-state index in [1.807, 2.05) is 24.3 Å². The van der Waals surface area contributed by atoms with Gasteiger partial charge in [0.25, 0.3) is 0 Å². The number of hydrogen-bond donors (Lipinski definition) is 3. The number of rotatable bonds is 6.